The third kappa shape index (κ3) is 4.05. The van der Waals surface area contributed by atoms with Crippen LogP contribution in [0.15, 0.2) is 52.4 Å². The molecule has 0 aliphatic heterocycles. The highest BCUT2D eigenvalue weighted by atomic mass is 32.2. The van der Waals surface area contributed by atoms with Gasteiger partial charge in [0.1, 0.15) is 0 Å². The lowest BCUT2D eigenvalue weighted by atomic mass is 10.2. The molecule has 0 spiro atoms. The lowest BCUT2D eigenvalue weighted by molar-refractivity contribution is 0.0689. The Kier molecular flexibility index (Phi) is 4.64. The van der Waals surface area contributed by atoms with Crippen molar-refractivity contribution in [2.45, 2.75) is 15.5 Å². The van der Waals surface area contributed by atoms with E-state index in [-0.39, 0.29) is 10.6 Å². The van der Waals surface area contributed by atoms with Gasteiger partial charge in [0.2, 0.25) is 0 Å². The van der Waals surface area contributed by atoms with Gasteiger partial charge in [-0.2, -0.15) is 0 Å². The van der Waals surface area contributed by atoms with E-state index in [1.807, 2.05) is 0 Å². The van der Waals surface area contributed by atoms with E-state index in [0.29, 0.717) is 11.3 Å². The fraction of sp³-hybridized carbons (Fsp3) is 0.143. The third-order valence-corrected chi connectivity index (χ3v) is 4.93. The fourth-order valence-corrected chi connectivity index (χ4v) is 3.21. The molecule has 2 aromatic rings. The van der Waals surface area contributed by atoms with Crippen molar-refractivity contribution < 1.29 is 18.3 Å². The molecule has 0 saturated heterocycles. The van der Waals surface area contributed by atoms with Crippen LogP contribution in [-0.4, -0.2) is 30.7 Å². The van der Waals surface area contributed by atoms with E-state index < -0.39 is 15.8 Å². The Bertz CT molecular complexity index is 755. The van der Waals surface area contributed by atoms with Gasteiger partial charge in [-0.1, -0.05) is 6.07 Å². The lowest BCUT2D eigenvalue weighted by Crippen LogP contribution is -2.04. The molecule has 0 atom stereocenters. The largest absolute Gasteiger partial charge is 0.477 e. The molecule has 7 heteroatoms. The van der Waals surface area contributed by atoms with E-state index in [4.69, 9.17) is 5.11 Å². The minimum absolute atomic E-state index is 0.0396. The molecule has 110 valence electrons. The van der Waals surface area contributed by atoms with Crippen LogP contribution in [0.4, 0.5) is 0 Å². The summed E-state index contributed by atoms with van der Waals surface area (Å²) < 4.78 is 22.7. The zero-order valence-corrected chi connectivity index (χ0v) is 12.8. The molecule has 21 heavy (non-hydrogen) atoms. The molecule has 2 rings (SSSR count). The Morgan fingerprint density at radius 3 is 2.48 bits per heavy atom. The van der Waals surface area contributed by atoms with Crippen LogP contribution < -0.4 is 0 Å². The second-order valence-corrected chi connectivity index (χ2v) is 7.41. The van der Waals surface area contributed by atoms with Crippen LogP contribution in [0.5, 0.6) is 0 Å². The monoisotopic (exact) mass is 323 g/mol. The number of rotatable bonds is 5. The van der Waals surface area contributed by atoms with Crippen molar-refractivity contribution in [3.63, 3.8) is 0 Å². The molecule has 0 amide bonds. The van der Waals surface area contributed by atoms with Gasteiger partial charge in [-0.05, 0) is 35.9 Å². The molecular weight excluding hydrogens is 310 g/mol. The van der Waals surface area contributed by atoms with Crippen molar-refractivity contribution >= 4 is 27.6 Å². The molecule has 0 radical (unpaired) electrons. The topological polar surface area (TPSA) is 84.3 Å². The van der Waals surface area contributed by atoms with E-state index in [2.05, 4.69) is 4.98 Å². The van der Waals surface area contributed by atoms with E-state index >= 15 is 0 Å². The lowest BCUT2D eigenvalue weighted by Gasteiger charge is -2.05. The number of nitrogens with zero attached hydrogens (tertiary/aromatic N) is 1. The van der Waals surface area contributed by atoms with E-state index in [9.17, 15) is 13.2 Å². The zero-order chi connectivity index (χ0) is 15.5. The first-order chi connectivity index (χ1) is 9.88. The van der Waals surface area contributed by atoms with Crippen LogP contribution in [0.25, 0.3) is 0 Å². The number of sulfone groups is 1. The van der Waals surface area contributed by atoms with Crippen LogP contribution in [0.1, 0.15) is 16.1 Å². The van der Waals surface area contributed by atoms with Crippen LogP contribution in [0, 0.1) is 0 Å². The van der Waals surface area contributed by atoms with Crippen LogP contribution in [0.3, 0.4) is 0 Å². The summed E-state index contributed by atoms with van der Waals surface area (Å²) in [5.41, 5.74) is 0.667. The third-order valence-electron chi connectivity index (χ3n) is 2.74. The van der Waals surface area contributed by atoms with Crippen molar-refractivity contribution in [2.24, 2.45) is 0 Å². The summed E-state index contributed by atoms with van der Waals surface area (Å²) in [7, 11) is -3.20. The van der Waals surface area contributed by atoms with Crippen molar-refractivity contribution in [1.82, 2.24) is 4.98 Å². The first kappa shape index (κ1) is 15.5. The van der Waals surface area contributed by atoms with Crippen molar-refractivity contribution in [3.8, 4) is 0 Å². The van der Waals surface area contributed by atoms with Gasteiger partial charge in [-0.15, -0.1) is 11.8 Å². The van der Waals surface area contributed by atoms with Crippen molar-refractivity contribution in [2.75, 3.05) is 6.26 Å². The molecule has 0 fully saturated rings. The summed E-state index contributed by atoms with van der Waals surface area (Å²) in [5.74, 6) is -0.605. The zero-order valence-electron chi connectivity index (χ0n) is 11.2. The number of hydrogen-bond acceptors (Lipinski definition) is 5. The Balaban J connectivity index is 2.12. The van der Waals surface area contributed by atoms with Gasteiger partial charge in [0.25, 0.3) is 0 Å². The minimum Gasteiger partial charge on any atom is -0.477 e. The Labute approximate surface area is 127 Å². The van der Waals surface area contributed by atoms with Gasteiger partial charge < -0.3 is 5.11 Å². The van der Waals surface area contributed by atoms with E-state index in [0.717, 1.165) is 11.2 Å². The predicted molar refractivity (Wildman–Crippen MR) is 80.3 cm³/mol. The van der Waals surface area contributed by atoms with Gasteiger partial charge >= 0.3 is 5.97 Å². The Morgan fingerprint density at radius 2 is 1.90 bits per heavy atom. The average molecular weight is 323 g/mol. The summed E-state index contributed by atoms with van der Waals surface area (Å²) in [6.45, 7) is 0. The highest BCUT2D eigenvalue weighted by Crippen LogP contribution is 2.25. The molecule has 5 nitrogen and oxygen atoms in total. The average Bonchev–Trinajstić information content (AvgIpc) is 2.45. The highest BCUT2D eigenvalue weighted by molar-refractivity contribution is 7.98. The summed E-state index contributed by atoms with van der Waals surface area (Å²) >= 11 is 1.43. The molecular formula is C14H13NO4S2. The Hall–Kier alpha value is -1.86. The number of thioether (sulfide) groups is 1. The molecule has 1 heterocycles. The van der Waals surface area contributed by atoms with E-state index in [1.54, 1.807) is 36.4 Å². The predicted octanol–water partition coefficient (Wildman–Crippen LogP) is 2.48. The molecule has 0 aliphatic carbocycles. The maximum absolute atomic E-state index is 11.4. The van der Waals surface area contributed by atoms with Crippen molar-refractivity contribution in [1.29, 1.82) is 0 Å². The van der Waals surface area contributed by atoms with E-state index in [1.165, 1.54) is 18.0 Å². The second kappa shape index (κ2) is 6.28. The number of carboxylic acid groups (broad SMARTS) is 1. The molecule has 0 aliphatic rings. The molecule has 1 N–H and O–H groups in total. The number of hydrogen-bond donors (Lipinski definition) is 1. The number of carboxylic acids is 1. The molecule has 1 aromatic heterocycles. The van der Waals surface area contributed by atoms with Crippen LogP contribution in [-0.2, 0) is 15.6 Å². The van der Waals surface area contributed by atoms with Gasteiger partial charge in [-0.25, -0.2) is 18.2 Å². The second-order valence-electron chi connectivity index (χ2n) is 4.35. The maximum atomic E-state index is 11.4. The van der Waals surface area contributed by atoms with Gasteiger partial charge in [0.05, 0.1) is 4.90 Å². The number of carbonyl (C=O) groups is 1. The maximum Gasteiger partial charge on any atom is 0.354 e. The quantitative estimate of drug-likeness (QED) is 0.851. The summed E-state index contributed by atoms with van der Waals surface area (Å²) in [6.07, 6.45) is 2.60. The number of benzene rings is 1. The van der Waals surface area contributed by atoms with Crippen LogP contribution in [0.2, 0.25) is 0 Å². The SMILES string of the molecule is CS(=O)(=O)c1ccc(SCc2cccnc2C(=O)O)cc1. The molecule has 0 unspecified atom stereocenters. The number of aromatic carboxylic acids is 1. The molecule has 1 aromatic carbocycles. The number of aromatic nitrogens is 1. The van der Waals surface area contributed by atoms with Gasteiger partial charge in [-0.3, -0.25) is 0 Å². The first-order valence-electron chi connectivity index (χ1n) is 5.98. The summed E-state index contributed by atoms with van der Waals surface area (Å²) in [5, 5.41) is 9.05. The smallest absolute Gasteiger partial charge is 0.354 e. The summed E-state index contributed by atoms with van der Waals surface area (Å²) in [4.78, 5) is 16.0. The molecule has 0 bridgehead atoms. The van der Waals surface area contributed by atoms with Crippen molar-refractivity contribution in [3.05, 3.63) is 53.9 Å². The van der Waals surface area contributed by atoms with Gasteiger partial charge in [0.15, 0.2) is 15.5 Å². The number of pyridine rings is 1. The normalized spacial score (nSPS) is 11.3. The standard InChI is InChI=1S/C14H13NO4S2/c1-21(18,19)12-6-4-11(5-7-12)20-9-10-3-2-8-15-13(10)14(16)17/h2-8H,9H2,1H3,(H,16,17). The minimum atomic E-state index is -3.20. The molecule has 0 saturated carbocycles. The highest BCUT2D eigenvalue weighted by Gasteiger charge is 2.11. The Morgan fingerprint density at radius 1 is 1.24 bits per heavy atom. The van der Waals surface area contributed by atoms with Gasteiger partial charge in [0, 0.05) is 23.1 Å². The summed E-state index contributed by atoms with van der Waals surface area (Å²) in [6, 6.07) is 9.90. The first-order valence-corrected chi connectivity index (χ1v) is 8.86. The van der Waals surface area contributed by atoms with Crippen LogP contribution >= 0.6 is 11.8 Å². The fourth-order valence-electron chi connectivity index (χ4n) is 1.69.